The fourth-order valence-electron chi connectivity index (χ4n) is 9.59. The van der Waals surface area contributed by atoms with E-state index >= 15 is 0 Å². The summed E-state index contributed by atoms with van der Waals surface area (Å²) in [6.07, 6.45) is 0. The molecule has 1 heteroatoms. The normalized spacial score (nSPS) is 16.1. The highest BCUT2D eigenvalue weighted by Crippen LogP contribution is 2.52. The summed E-state index contributed by atoms with van der Waals surface area (Å²) in [7, 11) is 0. The van der Waals surface area contributed by atoms with E-state index in [1.54, 1.807) is 0 Å². The number of nitrogens with zero attached hydrogens (tertiary/aromatic N) is 1. The van der Waals surface area contributed by atoms with E-state index in [1.807, 2.05) is 0 Å². The summed E-state index contributed by atoms with van der Waals surface area (Å²) < 4.78 is 0. The number of pyridine rings is 1. The summed E-state index contributed by atoms with van der Waals surface area (Å²) in [6.45, 7) is 14.1. The molecule has 51 heavy (non-hydrogen) atoms. The van der Waals surface area contributed by atoms with Crippen LogP contribution in [-0.2, 0) is 16.2 Å². The van der Waals surface area contributed by atoms with E-state index in [-0.39, 0.29) is 16.2 Å². The Kier molecular flexibility index (Phi) is 6.10. The predicted molar refractivity (Wildman–Crippen MR) is 213 cm³/mol. The molecule has 0 saturated heterocycles. The Labute approximate surface area is 301 Å². The number of hydrogen-bond acceptors (Lipinski definition) is 1. The molecular weight excluding hydrogens is 615 g/mol. The van der Waals surface area contributed by atoms with E-state index in [0.717, 1.165) is 17.0 Å². The summed E-state index contributed by atoms with van der Waals surface area (Å²) in [5.41, 5.74) is 22.8. The van der Waals surface area contributed by atoms with Crippen molar-refractivity contribution >= 4 is 0 Å². The lowest BCUT2D eigenvalue weighted by Crippen LogP contribution is -2.15. The number of hydrogen-bond donors (Lipinski definition) is 0. The van der Waals surface area contributed by atoms with Crippen molar-refractivity contribution in [3.05, 3.63) is 173 Å². The zero-order valence-electron chi connectivity index (χ0n) is 30.2. The summed E-state index contributed by atoms with van der Waals surface area (Å²) in [5.74, 6) is 0. The molecule has 3 aliphatic rings. The molecule has 0 spiro atoms. The molecule has 1 aromatic heterocycles. The van der Waals surface area contributed by atoms with Gasteiger partial charge in [-0.3, -0.25) is 0 Å². The van der Waals surface area contributed by atoms with Crippen LogP contribution in [0.5, 0.6) is 0 Å². The van der Waals surface area contributed by atoms with Gasteiger partial charge in [-0.2, -0.15) is 0 Å². The van der Waals surface area contributed by atoms with Gasteiger partial charge in [0.05, 0.1) is 11.4 Å². The minimum Gasteiger partial charge on any atom is -0.247 e. The van der Waals surface area contributed by atoms with Crippen LogP contribution in [0.15, 0.2) is 140 Å². The van der Waals surface area contributed by atoms with Crippen molar-refractivity contribution in [2.75, 3.05) is 0 Å². The van der Waals surface area contributed by atoms with E-state index in [9.17, 15) is 0 Å². The summed E-state index contributed by atoms with van der Waals surface area (Å²) in [6, 6.07) is 52.4. The fraction of sp³-hybridized carbons (Fsp3) is 0.180. The molecular formula is C50H41N. The second-order valence-electron chi connectivity index (χ2n) is 16.4. The van der Waals surface area contributed by atoms with Crippen LogP contribution in [0.25, 0.3) is 67.0 Å². The smallest absolute Gasteiger partial charge is 0.0753 e. The Morgan fingerprint density at radius 1 is 0.314 bits per heavy atom. The Morgan fingerprint density at radius 2 is 0.725 bits per heavy atom. The van der Waals surface area contributed by atoms with Crippen molar-refractivity contribution < 1.29 is 0 Å². The molecule has 1 heterocycles. The van der Waals surface area contributed by atoms with Crippen molar-refractivity contribution in [1.29, 1.82) is 0 Å². The Hall–Kier alpha value is -5.53. The molecule has 0 fully saturated rings. The SMILES string of the molecule is CC1(C)c2ccccc2-c2ccc(-c3cc(-c4ccc5c(c4)C(C)(C)c4ccccc4-5)cc(-c4ccc5c(n4)-c4ccccc4C5(C)C)c3)cc21. The second-order valence-corrected chi connectivity index (χ2v) is 16.4. The first kappa shape index (κ1) is 30.3. The lowest BCUT2D eigenvalue weighted by Gasteiger charge is -2.23. The van der Waals surface area contributed by atoms with E-state index in [1.165, 1.54) is 83.5 Å². The lowest BCUT2D eigenvalue weighted by atomic mass is 9.81. The van der Waals surface area contributed by atoms with Gasteiger partial charge in [-0.1, -0.05) is 145 Å². The average Bonchev–Trinajstić information content (AvgIpc) is 3.64. The third kappa shape index (κ3) is 4.18. The molecule has 10 rings (SSSR count). The molecule has 0 saturated carbocycles. The molecule has 0 N–H and O–H groups in total. The van der Waals surface area contributed by atoms with Crippen LogP contribution in [-0.4, -0.2) is 4.98 Å². The largest absolute Gasteiger partial charge is 0.247 e. The van der Waals surface area contributed by atoms with Crippen LogP contribution in [0, 0.1) is 0 Å². The van der Waals surface area contributed by atoms with Crippen molar-refractivity contribution in [2.45, 2.75) is 57.8 Å². The van der Waals surface area contributed by atoms with Gasteiger partial charge in [0.1, 0.15) is 0 Å². The molecule has 0 atom stereocenters. The third-order valence-electron chi connectivity index (χ3n) is 12.5. The van der Waals surface area contributed by atoms with Gasteiger partial charge in [0.25, 0.3) is 0 Å². The minimum absolute atomic E-state index is 0.0648. The first-order valence-corrected chi connectivity index (χ1v) is 18.3. The Bertz CT molecular complexity index is 2490. The molecule has 0 aliphatic heterocycles. The van der Waals surface area contributed by atoms with Crippen molar-refractivity contribution in [3.63, 3.8) is 0 Å². The summed E-state index contributed by atoms with van der Waals surface area (Å²) in [5, 5.41) is 0. The van der Waals surface area contributed by atoms with Crippen molar-refractivity contribution in [1.82, 2.24) is 4.98 Å². The molecule has 0 radical (unpaired) electrons. The summed E-state index contributed by atoms with van der Waals surface area (Å²) in [4.78, 5) is 5.45. The van der Waals surface area contributed by atoms with Gasteiger partial charge in [-0.25, -0.2) is 4.98 Å². The average molecular weight is 656 g/mol. The topological polar surface area (TPSA) is 12.9 Å². The molecule has 7 aromatic rings. The van der Waals surface area contributed by atoms with Gasteiger partial charge >= 0.3 is 0 Å². The van der Waals surface area contributed by atoms with E-state index in [4.69, 9.17) is 4.98 Å². The van der Waals surface area contributed by atoms with Gasteiger partial charge in [-0.15, -0.1) is 0 Å². The first-order valence-electron chi connectivity index (χ1n) is 18.3. The monoisotopic (exact) mass is 655 g/mol. The number of benzene rings is 6. The van der Waals surface area contributed by atoms with Crippen molar-refractivity contribution in [2.24, 2.45) is 0 Å². The van der Waals surface area contributed by atoms with Crippen LogP contribution < -0.4 is 0 Å². The maximum atomic E-state index is 5.45. The second kappa shape index (κ2) is 10.3. The van der Waals surface area contributed by atoms with Crippen LogP contribution in [0.2, 0.25) is 0 Å². The molecule has 0 unspecified atom stereocenters. The highest BCUT2D eigenvalue weighted by molar-refractivity contribution is 5.89. The standard InChI is InChI=1S/C50H41N/c1-48(2)42-18-12-9-15-39(42)47-43(48)23-24-46(51-47)34-26-32(30-19-21-37-35-13-7-10-16-40(35)49(3,4)44(37)28-30)25-33(27-34)31-20-22-38-36-14-8-11-17-41(36)50(5,6)45(38)29-31/h7-29H,1-6H3. The quantitative estimate of drug-likeness (QED) is 0.185. The van der Waals surface area contributed by atoms with Gasteiger partial charge in [-0.05, 0) is 114 Å². The molecule has 0 bridgehead atoms. The van der Waals surface area contributed by atoms with Gasteiger partial charge in [0, 0.05) is 27.4 Å². The Morgan fingerprint density at radius 3 is 1.25 bits per heavy atom. The van der Waals surface area contributed by atoms with Crippen molar-refractivity contribution in [3.8, 4) is 67.0 Å². The predicted octanol–water partition coefficient (Wildman–Crippen LogP) is 13.0. The van der Waals surface area contributed by atoms with Crippen LogP contribution >= 0.6 is 0 Å². The zero-order valence-corrected chi connectivity index (χ0v) is 30.2. The van der Waals surface area contributed by atoms with Gasteiger partial charge in [0.2, 0.25) is 0 Å². The Balaban J connectivity index is 1.17. The number of fused-ring (bicyclic) bond motifs is 9. The zero-order chi connectivity index (χ0) is 34.9. The van der Waals surface area contributed by atoms with Crippen LogP contribution in [0.1, 0.15) is 74.9 Å². The highest BCUT2D eigenvalue weighted by atomic mass is 14.7. The maximum Gasteiger partial charge on any atom is 0.0753 e. The highest BCUT2D eigenvalue weighted by Gasteiger charge is 2.38. The maximum absolute atomic E-state index is 5.45. The molecule has 246 valence electrons. The van der Waals surface area contributed by atoms with E-state index in [2.05, 4.69) is 181 Å². The molecule has 6 aromatic carbocycles. The lowest BCUT2D eigenvalue weighted by molar-refractivity contribution is 0.659. The first-order chi connectivity index (χ1) is 24.5. The molecule has 3 aliphatic carbocycles. The van der Waals surface area contributed by atoms with E-state index in [0.29, 0.717) is 0 Å². The van der Waals surface area contributed by atoms with Gasteiger partial charge in [0.15, 0.2) is 0 Å². The number of aromatic nitrogens is 1. The molecule has 1 nitrogen and oxygen atoms in total. The van der Waals surface area contributed by atoms with E-state index < -0.39 is 0 Å². The van der Waals surface area contributed by atoms with Crippen LogP contribution in [0.3, 0.4) is 0 Å². The third-order valence-corrected chi connectivity index (χ3v) is 12.5. The van der Waals surface area contributed by atoms with Crippen LogP contribution in [0.4, 0.5) is 0 Å². The number of rotatable bonds is 3. The molecule has 0 amide bonds. The minimum atomic E-state index is -0.0753. The fourth-order valence-corrected chi connectivity index (χ4v) is 9.59. The summed E-state index contributed by atoms with van der Waals surface area (Å²) >= 11 is 0. The van der Waals surface area contributed by atoms with Gasteiger partial charge < -0.3 is 0 Å².